The first-order valence-electron chi connectivity index (χ1n) is 51.0. The summed E-state index contributed by atoms with van der Waals surface area (Å²) in [6.07, 6.45) is 8.07. The molecule has 1 aromatic carbocycles. The highest BCUT2D eigenvalue weighted by atomic mass is 16.2. The van der Waals surface area contributed by atoms with Crippen molar-refractivity contribution in [2.75, 3.05) is 52.4 Å². The number of nitrogens with two attached hydrogens (primary N) is 8. The second kappa shape index (κ2) is 69.5. The Bertz CT molecular complexity index is 4300. The van der Waals surface area contributed by atoms with Crippen LogP contribution in [-0.2, 0) is 87.9 Å². The van der Waals surface area contributed by atoms with Gasteiger partial charge in [-0.3, -0.25) is 97.7 Å². The van der Waals surface area contributed by atoms with Crippen molar-refractivity contribution >= 4 is 118 Å². The highest BCUT2D eigenvalue weighted by molar-refractivity contribution is 6.02. The molecule has 0 bridgehead atoms. The van der Waals surface area contributed by atoms with Crippen molar-refractivity contribution < 1.29 is 81.5 Å². The van der Waals surface area contributed by atoms with Gasteiger partial charge >= 0.3 is 0 Å². The van der Waals surface area contributed by atoms with Crippen LogP contribution in [0.3, 0.4) is 0 Å². The number of benzene rings is 1. The molecule has 15 atom stereocenters. The lowest BCUT2D eigenvalue weighted by Crippen LogP contribution is -2.65. The summed E-state index contributed by atoms with van der Waals surface area (Å²) in [4.78, 5) is 247. The number of hydrogen-bond acceptors (Lipinski definition) is 24. The van der Waals surface area contributed by atoms with E-state index in [1.54, 1.807) is 84.0 Å². The standard InChI is InChI=1S/C97H174N30O17/c1-13-14-37-64(81(133)120-72(78(102)130)56-58(2)3)114-79(131)65(38-22-28-48-98)115-80(132)68(42-32-52-110-93(103)104)119-88(140)75(59(4)5)123-84(136)66(39-23-29-49-99)116-82(134)70(41-25-31-51-101)121-91(143)96(11)46-26-17-15-16-18-27-47-97(12,92(144)122-71(44-34-54-112-95(107)108)83(135)117-69(43-33-53-111-94(105)106)86(138)125-77(61(8)9)90(142)126-96)127-89(141)76(60(6)7)124-85(137)67(40-24-30-50-100)118-87(139)73(57-63-35-20-19-21-36-63)113-74(129)45-55-109-62(10)128/h15-16,19-21,35-36,58-61,64-73,75-77H,13-14,17-18,22-34,37-57,98-101H2,1-12H3,(H2,102,130)(H,109,128)(H,113,129)(H,114,131)(H,115,132)(H,116,134)(H,117,135)(H,118,139)(H,119,140)(H,120,133)(H,121,143)(H,122,144)(H,123,136)(H,124,137)(H,125,138)(H,126,142)(H,127,141)(H4,103,104,110)(H4,105,106,111)(H4,107,108,112)/b16-15-/t64-,65-,66-,67-,68-,69-,70-,71-,72-,73-,75-,76-,77-,96-,97-/m0/s1. The Balaban J connectivity index is 2.89. The molecule has 0 unspecified atom stereocenters. The molecular formula is C97H174N30O17. The lowest BCUT2D eigenvalue weighted by molar-refractivity contribution is -0.139. The topological polar surface area (TPSA) is 798 Å². The van der Waals surface area contributed by atoms with Gasteiger partial charge in [0.1, 0.15) is 89.6 Å². The van der Waals surface area contributed by atoms with Gasteiger partial charge in [0, 0.05) is 45.9 Å². The molecule has 38 N–H and O–H groups in total. The Labute approximate surface area is 848 Å². The molecular weight excluding hydrogens is 1860 g/mol. The van der Waals surface area contributed by atoms with E-state index in [1.807, 2.05) is 20.8 Å². The molecule has 47 nitrogen and oxygen atoms in total. The van der Waals surface area contributed by atoms with Gasteiger partial charge in [0.2, 0.25) is 100 Å². The highest BCUT2D eigenvalue weighted by Crippen LogP contribution is 2.24. The molecule has 0 aromatic heterocycles. The van der Waals surface area contributed by atoms with Crippen molar-refractivity contribution in [3.05, 3.63) is 48.0 Å². The molecule has 2 rings (SSSR count). The molecule has 1 aromatic rings. The molecule has 0 fully saturated rings. The summed E-state index contributed by atoms with van der Waals surface area (Å²) in [7, 11) is 0. The average Bonchev–Trinajstić information content (AvgIpc) is 0.848. The fourth-order valence-electron chi connectivity index (χ4n) is 16.0. The van der Waals surface area contributed by atoms with Crippen LogP contribution in [0.1, 0.15) is 275 Å². The third-order valence-corrected chi connectivity index (χ3v) is 24.5. The van der Waals surface area contributed by atoms with Gasteiger partial charge in [-0.15, -0.1) is 0 Å². The molecule has 0 aliphatic carbocycles. The first-order valence-corrected chi connectivity index (χ1v) is 51.0. The van der Waals surface area contributed by atoms with Crippen molar-refractivity contribution in [2.45, 2.75) is 365 Å². The van der Waals surface area contributed by atoms with E-state index in [0.717, 1.165) is 0 Å². The SMILES string of the molecule is CCCC[C@H](NC(=O)[C@H](CCCCN)NC(=O)[C@H](CCCNC(=N)N)NC(=O)[C@@H](NC(=O)[C@H](CCCCN)NC(=O)[C@H](CCCCN)NC(=O)[C@]1(C)CCC/C=C\CCC[C@](C)(NC(=O)[C@@H](NC(=O)[C@H](CCCCN)NC(=O)[C@H](Cc2ccccc2)NC(=O)CCNC(C)=O)C(C)C)C(=O)N[C@@H](CCCNC(=N)N)C(=O)N[C@@H](CCCNC(=N)N)C(=O)N[C@@H](C(C)C)C(=O)N1)C(C)C)C(=O)N[C@@H](CC(C)C)C(N)=O. The van der Waals surface area contributed by atoms with E-state index in [1.165, 1.54) is 20.8 Å². The first-order chi connectivity index (χ1) is 68.1. The maximum Gasteiger partial charge on any atom is 0.246 e. The Morgan fingerprint density at radius 2 is 0.812 bits per heavy atom. The van der Waals surface area contributed by atoms with Crippen molar-refractivity contribution in [1.29, 1.82) is 16.2 Å². The van der Waals surface area contributed by atoms with Crippen LogP contribution in [0.5, 0.6) is 0 Å². The zero-order valence-corrected chi connectivity index (χ0v) is 86.8. The third-order valence-electron chi connectivity index (χ3n) is 24.5. The first kappa shape index (κ1) is 128. The van der Waals surface area contributed by atoms with Gasteiger partial charge < -0.3 is 147 Å². The van der Waals surface area contributed by atoms with Crippen molar-refractivity contribution in [3.63, 3.8) is 0 Å². The number of amides is 17. The second-order valence-electron chi connectivity index (χ2n) is 38.9. The fraction of sp³-hybridized carbons (Fsp3) is 0.711. The number of unbranched alkanes of at least 4 members (excludes halogenated alkanes) is 5. The maximum atomic E-state index is 15.6. The van der Waals surface area contributed by atoms with Gasteiger partial charge in [-0.1, -0.05) is 118 Å². The quantitative estimate of drug-likeness (QED) is 0.0141. The monoisotopic (exact) mass is 2030 g/mol. The molecule has 0 saturated heterocycles. The Morgan fingerprint density at radius 1 is 0.424 bits per heavy atom. The van der Waals surface area contributed by atoms with E-state index < -0.39 is 214 Å². The van der Waals surface area contributed by atoms with E-state index in [2.05, 4.69) is 101 Å². The number of carbonyl (C=O) groups excluding carboxylic acids is 17. The number of carbonyl (C=O) groups is 17. The smallest absolute Gasteiger partial charge is 0.246 e. The van der Waals surface area contributed by atoms with Crippen molar-refractivity contribution in [3.8, 4) is 0 Å². The van der Waals surface area contributed by atoms with Crippen LogP contribution in [-0.4, -0.2) is 260 Å². The zero-order valence-electron chi connectivity index (χ0n) is 86.8. The van der Waals surface area contributed by atoms with Crippen LogP contribution in [0.15, 0.2) is 42.5 Å². The summed E-state index contributed by atoms with van der Waals surface area (Å²) >= 11 is 0. The summed E-state index contributed by atoms with van der Waals surface area (Å²) in [5.74, 6) is -16.7. The van der Waals surface area contributed by atoms with Crippen molar-refractivity contribution in [1.82, 2.24) is 101 Å². The Kier molecular flexibility index (Phi) is 61.7. The number of rotatable bonds is 63. The molecule has 47 heteroatoms. The van der Waals surface area contributed by atoms with Gasteiger partial charge in [0.15, 0.2) is 17.9 Å². The molecule has 1 heterocycles. The minimum atomic E-state index is -1.93. The minimum absolute atomic E-state index is 0.00637. The predicted molar refractivity (Wildman–Crippen MR) is 550 cm³/mol. The lowest BCUT2D eigenvalue weighted by Gasteiger charge is -2.35. The number of guanidine groups is 3. The van der Waals surface area contributed by atoms with E-state index in [-0.39, 0.29) is 211 Å². The summed E-state index contributed by atoms with van der Waals surface area (Å²) < 4.78 is 0. The number of allylic oxidation sites excluding steroid dienone is 2. The summed E-state index contributed by atoms with van der Waals surface area (Å²) in [5.41, 5.74) is 43.2. The van der Waals surface area contributed by atoms with Crippen LogP contribution < -0.4 is 147 Å². The van der Waals surface area contributed by atoms with Gasteiger partial charge in [0.05, 0.1) is 0 Å². The van der Waals surface area contributed by atoms with Crippen LogP contribution in [0.25, 0.3) is 0 Å². The average molecular weight is 2030 g/mol. The summed E-state index contributed by atoms with van der Waals surface area (Å²) in [6, 6.07) is -8.82. The van der Waals surface area contributed by atoms with Gasteiger partial charge in [-0.05, 0) is 236 Å². The van der Waals surface area contributed by atoms with Crippen molar-refractivity contribution in [2.24, 2.45) is 69.5 Å². The van der Waals surface area contributed by atoms with Gasteiger partial charge in [0.25, 0.3) is 0 Å². The van der Waals surface area contributed by atoms with Crippen LogP contribution in [0.2, 0.25) is 0 Å². The fourth-order valence-corrected chi connectivity index (χ4v) is 16.0. The van der Waals surface area contributed by atoms with E-state index in [0.29, 0.717) is 56.9 Å². The highest BCUT2D eigenvalue weighted by Gasteiger charge is 2.45. The van der Waals surface area contributed by atoms with E-state index >= 15 is 38.4 Å². The number of hydrogen-bond donors (Lipinski definition) is 30. The van der Waals surface area contributed by atoms with Crippen LogP contribution in [0.4, 0.5) is 0 Å². The normalized spacial score (nSPS) is 18.9. The van der Waals surface area contributed by atoms with Crippen LogP contribution in [0, 0.1) is 39.9 Å². The molecule has 814 valence electrons. The van der Waals surface area contributed by atoms with Crippen LogP contribution >= 0.6 is 0 Å². The molecule has 0 spiro atoms. The Morgan fingerprint density at radius 3 is 1.23 bits per heavy atom. The second-order valence-corrected chi connectivity index (χ2v) is 38.9. The summed E-state index contributed by atoms with van der Waals surface area (Å²) in [6.45, 7) is 20.4. The summed E-state index contributed by atoms with van der Waals surface area (Å²) in [5, 5.41) is 75.9. The van der Waals surface area contributed by atoms with Gasteiger partial charge in [-0.2, -0.15) is 0 Å². The third kappa shape index (κ3) is 50.7. The zero-order chi connectivity index (χ0) is 108. The predicted octanol–water partition coefficient (Wildman–Crippen LogP) is -2.29. The molecule has 1 aliphatic rings. The lowest BCUT2D eigenvalue weighted by atomic mass is 9.90. The number of nitrogens with one attached hydrogen (secondary N) is 22. The van der Waals surface area contributed by atoms with Gasteiger partial charge in [-0.25, -0.2) is 0 Å². The number of primary amides is 1. The molecule has 1 aliphatic heterocycles. The molecule has 144 heavy (non-hydrogen) atoms. The molecule has 0 radical (unpaired) electrons. The van der Waals surface area contributed by atoms with E-state index in [4.69, 9.17) is 62.1 Å². The minimum Gasteiger partial charge on any atom is -0.370 e. The largest absolute Gasteiger partial charge is 0.370 e. The van der Waals surface area contributed by atoms with E-state index in [9.17, 15) is 43.2 Å². The molecule has 0 saturated carbocycles. The maximum absolute atomic E-state index is 15.6. The Hall–Kier alpha value is -12.4. The molecule has 17 amide bonds.